The number of carbonyl (C=O) groups is 1. The molecule has 0 atom stereocenters. The number of anilines is 2. The van der Waals surface area contributed by atoms with Crippen LogP contribution < -0.4 is 15.8 Å². The standard InChI is InChI=1S/C15H15BrN2O3/c1-8-5-11(16)14(12(17)6-8)18-15(20)10-4-3-9(21-2)7-13(10)19/h3-7,19H,17H2,1-2H3,(H,18,20). The van der Waals surface area contributed by atoms with Crippen molar-refractivity contribution in [2.75, 3.05) is 18.2 Å². The highest BCUT2D eigenvalue weighted by atomic mass is 79.9. The summed E-state index contributed by atoms with van der Waals surface area (Å²) < 4.78 is 5.66. The van der Waals surface area contributed by atoms with Crippen molar-refractivity contribution in [3.8, 4) is 11.5 Å². The predicted octanol–water partition coefficient (Wildman–Crippen LogP) is 3.31. The van der Waals surface area contributed by atoms with Gasteiger partial charge in [0.05, 0.1) is 24.0 Å². The third kappa shape index (κ3) is 3.28. The van der Waals surface area contributed by atoms with Crippen LogP contribution in [0.15, 0.2) is 34.8 Å². The minimum absolute atomic E-state index is 0.141. The van der Waals surface area contributed by atoms with E-state index in [-0.39, 0.29) is 11.3 Å². The number of methoxy groups -OCH3 is 1. The van der Waals surface area contributed by atoms with Gasteiger partial charge in [-0.25, -0.2) is 0 Å². The number of phenolic OH excluding ortho intramolecular Hbond substituents is 1. The van der Waals surface area contributed by atoms with Crippen molar-refractivity contribution in [3.63, 3.8) is 0 Å². The topological polar surface area (TPSA) is 84.6 Å². The molecular formula is C15H15BrN2O3. The lowest BCUT2D eigenvalue weighted by Crippen LogP contribution is -2.14. The summed E-state index contributed by atoms with van der Waals surface area (Å²) in [6.07, 6.45) is 0. The van der Waals surface area contributed by atoms with Crippen molar-refractivity contribution in [1.29, 1.82) is 0 Å². The van der Waals surface area contributed by atoms with E-state index in [2.05, 4.69) is 21.2 Å². The Morgan fingerprint density at radius 3 is 2.62 bits per heavy atom. The molecule has 0 aliphatic carbocycles. The molecule has 4 N–H and O–H groups in total. The molecule has 0 bridgehead atoms. The van der Waals surface area contributed by atoms with E-state index in [0.29, 0.717) is 21.6 Å². The summed E-state index contributed by atoms with van der Waals surface area (Å²) in [7, 11) is 1.48. The fourth-order valence-corrected chi connectivity index (χ4v) is 2.60. The largest absolute Gasteiger partial charge is 0.507 e. The Kier molecular flexibility index (Phi) is 4.37. The number of carbonyl (C=O) groups excluding carboxylic acids is 1. The third-order valence-electron chi connectivity index (χ3n) is 2.95. The van der Waals surface area contributed by atoms with Gasteiger partial charge in [0.2, 0.25) is 0 Å². The lowest BCUT2D eigenvalue weighted by Gasteiger charge is -2.12. The van der Waals surface area contributed by atoms with Crippen LogP contribution >= 0.6 is 15.9 Å². The Bertz CT molecular complexity index is 678. The Hall–Kier alpha value is -2.21. The first-order valence-electron chi connectivity index (χ1n) is 6.16. The highest BCUT2D eigenvalue weighted by Gasteiger charge is 2.15. The zero-order chi connectivity index (χ0) is 15.6. The normalized spacial score (nSPS) is 10.2. The van der Waals surface area contributed by atoms with Gasteiger partial charge in [0.15, 0.2) is 0 Å². The Morgan fingerprint density at radius 1 is 1.33 bits per heavy atom. The summed E-state index contributed by atoms with van der Waals surface area (Å²) in [5, 5.41) is 12.6. The molecule has 0 aliphatic heterocycles. The number of aromatic hydroxyl groups is 1. The maximum Gasteiger partial charge on any atom is 0.259 e. The van der Waals surface area contributed by atoms with Crippen LogP contribution in [0.4, 0.5) is 11.4 Å². The van der Waals surface area contributed by atoms with E-state index >= 15 is 0 Å². The number of halogens is 1. The quantitative estimate of drug-likeness (QED) is 0.741. The van der Waals surface area contributed by atoms with E-state index < -0.39 is 5.91 Å². The van der Waals surface area contributed by atoms with Gasteiger partial charge in [0.25, 0.3) is 5.91 Å². The molecule has 5 nitrogen and oxygen atoms in total. The Morgan fingerprint density at radius 2 is 2.05 bits per heavy atom. The van der Waals surface area contributed by atoms with Crippen LogP contribution in [0.25, 0.3) is 0 Å². The molecule has 21 heavy (non-hydrogen) atoms. The molecule has 0 fully saturated rings. The molecule has 0 spiro atoms. The van der Waals surface area contributed by atoms with Crippen molar-refractivity contribution in [1.82, 2.24) is 0 Å². The summed E-state index contributed by atoms with van der Waals surface area (Å²) in [5.41, 5.74) is 7.94. The number of ether oxygens (including phenoxy) is 1. The molecule has 0 heterocycles. The summed E-state index contributed by atoms with van der Waals surface area (Å²) in [4.78, 5) is 12.2. The minimum Gasteiger partial charge on any atom is -0.507 e. The second-order valence-electron chi connectivity index (χ2n) is 4.55. The van der Waals surface area contributed by atoms with Crippen LogP contribution in [0.1, 0.15) is 15.9 Å². The van der Waals surface area contributed by atoms with Crippen molar-refractivity contribution < 1.29 is 14.6 Å². The van der Waals surface area contributed by atoms with Crippen LogP contribution in [0, 0.1) is 6.92 Å². The van der Waals surface area contributed by atoms with E-state index in [1.165, 1.54) is 19.2 Å². The van der Waals surface area contributed by atoms with Crippen LogP contribution in [-0.4, -0.2) is 18.1 Å². The van der Waals surface area contributed by atoms with Gasteiger partial charge in [-0.1, -0.05) is 0 Å². The lowest BCUT2D eigenvalue weighted by molar-refractivity contribution is 0.102. The first kappa shape index (κ1) is 15.2. The summed E-state index contributed by atoms with van der Waals surface area (Å²) in [6, 6.07) is 8.07. The van der Waals surface area contributed by atoms with Gasteiger partial charge in [0, 0.05) is 10.5 Å². The second-order valence-corrected chi connectivity index (χ2v) is 5.40. The Balaban J connectivity index is 2.30. The van der Waals surface area contributed by atoms with Gasteiger partial charge < -0.3 is 20.9 Å². The van der Waals surface area contributed by atoms with Crippen LogP contribution in [0.5, 0.6) is 11.5 Å². The highest BCUT2D eigenvalue weighted by molar-refractivity contribution is 9.10. The van der Waals surface area contributed by atoms with E-state index in [4.69, 9.17) is 10.5 Å². The van der Waals surface area contributed by atoms with Gasteiger partial charge in [-0.05, 0) is 52.7 Å². The van der Waals surface area contributed by atoms with Crippen molar-refractivity contribution >= 4 is 33.2 Å². The van der Waals surface area contributed by atoms with Gasteiger partial charge in [-0.2, -0.15) is 0 Å². The number of nitrogen functional groups attached to an aromatic ring is 1. The Labute approximate surface area is 130 Å². The fourth-order valence-electron chi connectivity index (χ4n) is 1.91. The van der Waals surface area contributed by atoms with Crippen LogP contribution in [-0.2, 0) is 0 Å². The molecule has 0 aliphatic rings. The van der Waals surface area contributed by atoms with E-state index in [1.807, 2.05) is 13.0 Å². The monoisotopic (exact) mass is 350 g/mol. The van der Waals surface area contributed by atoms with E-state index in [9.17, 15) is 9.90 Å². The number of rotatable bonds is 3. The number of amides is 1. The maximum absolute atomic E-state index is 12.2. The average Bonchev–Trinajstić information content (AvgIpc) is 2.42. The fraction of sp³-hybridized carbons (Fsp3) is 0.133. The lowest BCUT2D eigenvalue weighted by atomic mass is 10.1. The van der Waals surface area contributed by atoms with Gasteiger partial charge >= 0.3 is 0 Å². The zero-order valence-electron chi connectivity index (χ0n) is 11.6. The van der Waals surface area contributed by atoms with Crippen molar-refractivity contribution in [3.05, 3.63) is 45.9 Å². The summed E-state index contributed by atoms with van der Waals surface area (Å²) in [5.74, 6) is -0.139. The van der Waals surface area contributed by atoms with E-state index in [1.54, 1.807) is 12.1 Å². The van der Waals surface area contributed by atoms with Crippen molar-refractivity contribution in [2.24, 2.45) is 0 Å². The summed E-state index contributed by atoms with van der Waals surface area (Å²) in [6.45, 7) is 1.90. The molecule has 0 radical (unpaired) electrons. The number of hydrogen-bond acceptors (Lipinski definition) is 4. The van der Waals surface area contributed by atoms with Crippen LogP contribution in [0.2, 0.25) is 0 Å². The molecule has 2 rings (SSSR count). The first-order chi connectivity index (χ1) is 9.92. The number of hydrogen-bond donors (Lipinski definition) is 3. The molecule has 2 aromatic carbocycles. The van der Waals surface area contributed by atoms with Crippen LogP contribution in [0.3, 0.4) is 0 Å². The maximum atomic E-state index is 12.2. The minimum atomic E-state index is -0.452. The average molecular weight is 351 g/mol. The zero-order valence-corrected chi connectivity index (χ0v) is 13.2. The summed E-state index contributed by atoms with van der Waals surface area (Å²) >= 11 is 3.36. The third-order valence-corrected chi connectivity index (χ3v) is 3.58. The molecule has 1 amide bonds. The predicted molar refractivity (Wildman–Crippen MR) is 85.9 cm³/mol. The molecule has 2 aromatic rings. The molecule has 0 saturated heterocycles. The number of benzene rings is 2. The molecule has 0 unspecified atom stereocenters. The number of nitrogens with one attached hydrogen (secondary N) is 1. The second kappa shape index (κ2) is 6.05. The van der Waals surface area contributed by atoms with Gasteiger partial charge in [-0.3, -0.25) is 4.79 Å². The number of aryl methyl sites for hydroxylation is 1. The van der Waals surface area contributed by atoms with Crippen molar-refractivity contribution in [2.45, 2.75) is 6.92 Å². The van der Waals surface area contributed by atoms with Gasteiger partial charge in [0.1, 0.15) is 11.5 Å². The molecule has 0 aromatic heterocycles. The molecule has 6 heteroatoms. The highest BCUT2D eigenvalue weighted by Crippen LogP contribution is 2.31. The smallest absolute Gasteiger partial charge is 0.259 e. The number of nitrogens with two attached hydrogens (primary N) is 1. The SMILES string of the molecule is COc1ccc(C(=O)Nc2c(N)cc(C)cc2Br)c(O)c1. The van der Waals surface area contributed by atoms with E-state index in [0.717, 1.165) is 5.56 Å². The molecular weight excluding hydrogens is 336 g/mol. The molecule has 110 valence electrons. The number of phenols is 1. The first-order valence-corrected chi connectivity index (χ1v) is 6.95. The molecule has 0 saturated carbocycles. The van der Waals surface area contributed by atoms with Gasteiger partial charge in [-0.15, -0.1) is 0 Å².